The van der Waals surface area contributed by atoms with E-state index >= 15 is 0 Å². The summed E-state index contributed by atoms with van der Waals surface area (Å²) >= 11 is 6.13. The van der Waals surface area contributed by atoms with Crippen molar-refractivity contribution in [3.63, 3.8) is 0 Å². The average molecular weight is 206 g/mol. The summed E-state index contributed by atoms with van der Waals surface area (Å²) < 4.78 is 0. The number of fused-ring (bicyclic) bond motifs is 1. The average Bonchev–Trinajstić information content (AvgIpc) is 2.23. The van der Waals surface area contributed by atoms with Gasteiger partial charge in [-0.15, -0.1) is 0 Å². The number of hydrazone groups is 1. The summed E-state index contributed by atoms with van der Waals surface area (Å²) in [7, 11) is 0. The van der Waals surface area contributed by atoms with Crippen LogP contribution in [0, 0.1) is 0 Å². The third-order valence-electron chi connectivity index (χ3n) is 1.96. The maximum absolute atomic E-state index is 6.13. The van der Waals surface area contributed by atoms with Gasteiger partial charge in [-0.2, -0.15) is 5.10 Å². The summed E-state index contributed by atoms with van der Waals surface area (Å²) in [6.45, 7) is 0. The Morgan fingerprint density at radius 3 is 3.00 bits per heavy atom. The van der Waals surface area contributed by atoms with Crippen LogP contribution in [-0.2, 0) is 0 Å². The molecule has 14 heavy (non-hydrogen) atoms. The Labute approximate surface area is 86.2 Å². The number of pyridine rings is 1. The summed E-state index contributed by atoms with van der Waals surface area (Å²) in [6, 6.07) is 7.49. The van der Waals surface area contributed by atoms with Crippen molar-refractivity contribution >= 4 is 28.7 Å². The third-order valence-corrected chi connectivity index (χ3v) is 2.38. The molecule has 1 aromatic carbocycles. The Bertz CT molecular complexity index is 494. The van der Waals surface area contributed by atoms with E-state index < -0.39 is 0 Å². The zero-order valence-corrected chi connectivity index (χ0v) is 8.07. The molecule has 0 amide bonds. The van der Waals surface area contributed by atoms with Crippen LogP contribution in [-0.4, -0.2) is 11.2 Å². The van der Waals surface area contributed by atoms with Crippen molar-refractivity contribution in [1.82, 2.24) is 4.98 Å². The van der Waals surface area contributed by atoms with Crippen LogP contribution in [0.15, 0.2) is 35.6 Å². The first-order valence-electron chi connectivity index (χ1n) is 4.09. The second-order valence-electron chi connectivity index (χ2n) is 2.82. The number of hydrogen-bond acceptors (Lipinski definition) is 3. The predicted molar refractivity (Wildman–Crippen MR) is 58.5 cm³/mol. The van der Waals surface area contributed by atoms with Gasteiger partial charge in [0.1, 0.15) is 0 Å². The van der Waals surface area contributed by atoms with E-state index in [4.69, 9.17) is 17.4 Å². The fraction of sp³-hybridized carbons (Fsp3) is 0. The molecular formula is C10H8ClN3. The van der Waals surface area contributed by atoms with Gasteiger partial charge >= 0.3 is 0 Å². The highest BCUT2D eigenvalue weighted by atomic mass is 35.5. The molecule has 2 rings (SSSR count). The number of benzene rings is 1. The molecule has 0 aliphatic heterocycles. The molecular weight excluding hydrogens is 198 g/mol. The lowest BCUT2D eigenvalue weighted by atomic mass is 10.1. The Hall–Kier alpha value is -1.61. The van der Waals surface area contributed by atoms with Gasteiger partial charge in [0.05, 0.1) is 16.8 Å². The SMILES string of the molecule is NN=Cc1ccc2ncccc2c1Cl. The van der Waals surface area contributed by atoms with Crippen molar-refractivity contribution in [2.75, 3.05) is 0 Å². The van der Waals surface area contributed by atoms with Crippen LogP contribution in [0.2, 0.25) is 5.02 Å². The van der Waals surface area contributed by atoms with E-state index in [-0.39, 0.29) is 0 Å². The molecule has 0 spiro atoms. The molecule has 2 aromatic rings. The maximum atomic E-state index is 6.13. The number of hydrogen-bond donors (Lipinski definition) is 1. The van der Waals surface area contributed by atoms with Crippen LogP contribution >= 0.6 is 11.6 Å². The van der Waals surface area contributed by atoms with E-state index in [1.54, 1.807) is 6.20 Å². The van der Waals surface area contributed by atoms with Gasteiger partial charge in [0.25, 0.3) is 0 Å². The highest BCUT2D eigenvalue weighted by molar-refractivity contribution is 6.37. The lowest BCUT2D eigenvalue weighted by Crippen LogP contribution is -1.89. The number of nitrogens with two attached hydrogens (primary N) is 1. The molecule has 0 bridgehead atoms. The standard InChI is InChI=1S/C10H8ClN3/c11-10-7(6-14-12)3-4-9-8(10)2-1-5-13-9/h1-6H,12H2. The molecule has 0 aliphatic carbocycles. The van der Waals surface area contributed by atoms with Crippen LogP contribution in [0.3, 0.4) is 0 Å². The molecule has 0 radical (unpaired) electrons. The summed E-state index contributed by atoms with van der Waals surface area (Å²) in [5.74, 6) is 5.07. The third kappa shape index (κ3) is 1.42. The largest absolute Gasteiger partial charge is 0.323 e. The number of rotatable bonds is 1. The van der Waals surface area contributed by atoms with E-state index in [2.05, 4.69) is 10.1 Å². The zero-order chi connectivity index (χ0) is 9.97. The van der Waals surface area contributed by atoms with Gasteiger partial charge < -0.3 is 5.84 Å². The quantitative estimate of drug-likeness (QED) is 0.441. The van der Waals surface area contributed by atoms with Crippen molar-refractivity contribution in [2.24, 2.45) is 10.9 Å². The van der Waals surface area contributed by atoms with E-state index in [0.29, 0.717) is 5.02 Å². The second-order valence-corrected chi connectivity index (χ2v) is 3.19. The minimum atomic E-state index is 0.629. The van der Waals surface area contributed by atoms with Crippen LogP contribution in [0.1, 0.15) is 5.56 Å². The predicted octanol–water partition coefficient (Wildman–Crippen LogP) is 2.18. The monoisotopic (exact) mass is 205 g/mol. The van der Waals surface area contributed by atoms with E-state index in [1.807, 2.05) is 24.3 Å². The molecule has 0 aliphatic rings. The Morgan fingerprint density at radius 2 is 2.21 bits per heavy atom. The topological polar surface area (TPSA) is 51.3 Å². The summed E-state index contributed by atoms with van der Waals surface area (Å²) in [5, 5.41) is 4.98. The summed E-state index contributed by atoms with van der Waals surface area (Å²) in [6.07, 6.45) is 3.25. The fourth-order valence-electron chi connectivity index (χ4n) is 1.31. The first kappa shape index (κ1) is 8.97. The summed E-state index contributed by atoms with van der Waals surface area (Å²) in [4.78, 5) is 4.18. The zero-order valence-electron chi connectivity index (χ0n) is 7.31. The molecule has 1 heterocycles. The van der Waals surface area contributed by atoms with Crippen molar-refractivity contribution in [2.45, 2.75) is 0 Å². The molecule has 0 saturated heterocycles. The first-order chi connectivity index (χ1) is 6.83. The number of halogens is 1. The maximum Gasteiger partial charge on any atom is 0.0717 e. The lowest BCUT2D eigenvalue weighted by Gasteiger charge is -2.01. The van der Waals surface area contributed by atoms with Gasteiger partial charge in [0.15, 0.2) is 0 Å². The normalized spacial score (nSPS) is 11.2. The minimum Gasteiger partial charge on any atom is -0.323 e. The number of nitrogens with zero attached hydrogens (tertiary/aromatic N) is 2. The van der Waals surface area contributed by atoms with Crippen molar-refractivity contribution < 1.29 is 0 Å². The van der Waals surface area contributed by atoms with Gasteiger partial charge in [-0.1, -0.05) is 11.6 Å². The molecule has 4 heteroatoms. The van der Waals surface area contributed by atoms with Crippen molar-refractivity contribution in [3.8, 4) is 0 Å². The Balaban J connectivity index is 2.75. The molecule has 0 unspecified atom stereocenters. The highest BCUT2D eigenvalue weighted by Gasteiger charge is 2.03. The van der Waals surface area contributed by atoms with Gasteiger partial charge in [-0.25, -0.2) is 0 Å². The van der Waals surface area contributed by atoms with Crippen LogP contribution < -0.4 is 5.84 Å². The molecule has 0 saturated carbocycles. The van der Waals surface area contributed by atoms with Crippen LogP contribution in [0.4, 0.5) is 0 Å². The van der Waals surface area contributed by atoms with E-state index in [0.717, 1.165) is 16.5 Å². The molecule has 3 nitrogen and oxygen atoms in total. The molecule has 70 valence electrons. The first-order valence-corrected chi connectivity index (χ1v) is 4.47. The molecule has 0 fully saturated rings. The van der Waals surface area contributed by atoms with Gasteiger partial charge in [0.2, 0.25) is 0 Å². The van der Waals surface area contributed by atoms with E-state index in [1.165, 1.54) is 6.21 Å². The van der Waals surface area contributed by atoms with Gasteiger partial charge in [-0.3, -0.25) is 4.98 Å². The smallest absolute Gasteiger partial charge is 0.0717 e. The molecule has 1 aromatic heterocycles. The Morgan fingerprint density at radius 1 is 1.36 bits per heavy atom. The van der Waals surface area contributed by atoms with Gasteiger partial charge in [-0.05, 0) is 24.3 Å². The van der Waals surface area contributed by atoms with Gasteiger partial charge in [0, 0.05) is 17.1 Å². The highest BCUT2D eigenvalue weighted by Crippen LogP contribution is 2.24. The Kier molecular flexibility index (Phi) is 2.33. The minimum absolute atomic E-state index is 0.629. The van der Waals surface area contributed by atoms with Crippen LogP contribution in [0.5, 0.6) is 0 Å². The molecule has 2 N–H and O–H groups in total. The second kappa shape index (κ2) is 3.64. The lowest BCUT2D eigenvalue weighted by molar-refractivity contribution is 1.26. The fourth-order valence-corrected chi connectivity index (χ4v) is 1.58. The van der Waals surface area contributed by atoms with E-state index in [9.17, 15) is 0 Å². The van der Waals surface area contributed by atoms with Crippen molar-refractivity contribution in [1.29, 1.82) is 0 Å². The molecule has 0 atom stereocenters. The summed E-state index contributed by atoms with van der Waals surface area (Å²) in [5.41, 5.74) is 1.67. The van der Waals surface area contributed by atoms with Crippen molar-refractivity contribution in [3.05, 3.63) is 41.0 Å². The van der Waals surface area contributed by atoms with Crippen LogP contribution in [0.25, 0.3) is 10.9 Å². The number of aromatic nitrogens is 1.